The van der Waals surface area contributed by atoms with E-state index < -0.39 is 0 Å². The number of hydrogen-bond acceptors (Lipinski definition) is 7. The molecule has 132 valence electrons. The van der Waals surface area contributed by atoms with Crippen LogP contribution in [0.1, 0.15) is 31.7 Å². The maximum atomic E-state index is 4.81. The molecule has 0 fully saturated rings. The number of nitrogens with zero attached hydrogens (tertiary/aromatic N) is 7. The van der Waals surface area contributed by atoms with E-state index in [1.807, 2.05) is 23.5 Å². The van der Waals surface area contributed by atoms with Crippen LogP contribution in [0.15, 0.2) is 27.9 Å². The Bertz CT molecular complexity index is 824. The van der Waals surface area contributed by atoms with Gasteiger partial charge in [-0.3, -0.25) is 0 Å². The molecule has 8 nitrogen and oxygen atoms in total. The van der Waals surface area contributed by atoms with E-state index in [2.05, 4.69) is 60.3 Å². The average molecular weight is 341 g/mol. The lowest BCUT2D eigenvalue weighted by Crippen LogP contribution is -2.49. The summed E-state index contributed by atoms with van der Waals surface area (Å²) in [7, 11) is 4.13. The predicted molar refractivity (Wildman–Crippen MR) is 97.8 cm³/mol. The highest BCUT2D eigenvalue weighted by atomic mass is 15.7. The number of aryl methyl sites for hydroxylation is 2. The Morgan fingerprint density at radius 3 is 2.68 bits per heavy atom. The predicted octanol–water partition coefficient (Wildman–Crippen LogP) is 0.918. The molecule has 0 bridgehead atoms. The van der Waals surface area contributed by atoms with E-state index in [0.29, 0.717) is 0 Å². The number of nitrogens with one attached hydrogen (secondary N) is 1. The second-order valence-electron chi connectivity index (χ2n) is 7.01. The summed E-state index contributed by atoms with van der Waals surface area (Å²) in [5.74, 6) is 1.95. The standard InChI is InChI=1S/C17H25N8/c1-10-7-12(3)24-16(18-10)22(5)14(20-24)9-15-21-25-13(4)8-11(2)19-17(25)23(15)6/h7-8,14,17,20H,9H2,1-6H3/q+1. The monoisotopic (exact) mass is 341 g/mol. The molecule has 1 aromatic rings. The molecule has 3 aliphatic heterocycles. The molecule has 0 amide bonds. The van der Waals surface area contributed by atoms with Gasteiger partial charge < -0.3 is 4.90 Å². The van der Waals surface area contributed by atoms with Crippen molar-refractivity contribution in [3.05, 3.63) is 29.2 Å². The molecule has 2 unspecified atom stereocenters. The number of fused-ring (bicyclic) bond motifs is 2. The SMILES string of the molecule is CC1=CC(C)=NC2N(C)C(CC3N[n+]4c(C)cc(C)nc4N3C)=NN12. The van der Waals surface area contributed by atoms with E-state index in [1.54, 1.807) is 0 Å². The number of aromatic nitrogens is 2. The van der Waals surface area contributed by atoms with Crippen LogP contribution in [0.5, 0.6) is 0 Å². The zero-order chi connectivity index (χ0) is 17.9. The fourth-order valence-electron chi connectivity index (χ4n) is 3.61. The van der Waals surface area contributed by atoms with Crippen LogP contribution in [0.2, 0.25) is 0 Å². The van der Waals surface area contributed by atoms with Crippen molar-refractivity contribution >= 4 is 17.5 Å². The van der Waals surface area contributed by atoms with Gasteiger partial charge in [-0.2, -0.15) is 5.10 Å². The first-order chi connectivity index (χ1) is 11.8. The highest BCUT2D eigenvalue weighted by molar-refractivity contribution is 5.95. The van der Waals surface area contributed by atoms with Crippen LogP contribution in [0.3, 0.4) is 0 Å². The summed E-state index contributed by atoms with van der Waals surface area (Å²) in [5, 5.41) is 6.80. The van der Waals surface area contributed by atoms with Gasteiger partial charge >= 0.3 is 5.95 Å². The maximum Gasteiger partial charge on any atom is 0.418 e. The Hall–Kier alpha value is -2.64. The van der Waals surface area contributed by atoms with Crippen LogP contribution in [0.25, 0.3) is 0 Å². The first-order valence-electron chi connectivity index (χ1n) is 8.57. The molecule has 25 heavy (non-hydrogen) atoms. The highest BCUT2D eigenvalue weighted by Gasteiger charge is 2.41. The molecule has 2 atom stereocenters. The number of hydrogen-bond donors (Lipinski definition) is 1. The molecule has 0 radical (unpaired) electrons. The number of amidine groups is 1. The fourth-order valence-corrected chi connectivity index (χ4v) is 3.61. The molecule has 0 saturated carbocycles. The summed E-state index contributed by atoms with van der Waals surface area (Å²) in [6.07, 6.45) is 2.87. The maximum absolute atomic E-state index is 4.81. The Morgan fingerprint density at radius 2 is 1.92 bits per heavy atom. The van der Waals surface area contributed by atoms with E-state index >= 15 is 0 Å². The largest absolute Gasteiger partial charge is 0.418 e. The zero-order valence-electron chi connectivity index (χ0n) is 15.6. The van der Waals surface area contributed by atoms with Crippen molar-refractivity contribution in [2.24, 2.45) is 10.1 Å². The molecular weight excluding hydrogens is 316 g/mol. The minimum atomic E-state index is -0.0659. The van der Waals surface area contributed by atoms with Crippen molar-refractivity contribution in [3.8, 4) is 0 Å². The number of allylic oxidation sites excluding steroid dienone is 2. The number of hydrazone groups is 1. The van der Waals surface area contributed by atoms with Gasteiger partial charge in [0.1, 0.15) is 17.2 Å². The van der Waals surface area contributed by atoms with Gasteiger partial charge in [-0.25, -0.2) is 20.3 Å². The number of aliphatic imine (C=N–C) groups is 1. The van der Waals surface area contributed by atoms with Gasteiger partial charge in [0.05, 0.1) is 13.5 Å². The minimum Gasteiger partial charge on any atom is -0.321 e. The molecule has 1 aromatic heterocycles. The molecule has 1 N–H and O–H groups in total. The third-order valence-corrected chi connectivity index (χ3v) is 4.98. The molecule has 0 spiro atoms. The molecule has 0 aliphatic carbocycles. The second-order valence-corrected chi connectivity index (χ2v) is 7.01. The second kappa shape index (κ2) is 5.44. The molecule has 3 aliphatic rings. The van der Waals surface area contributed by atoms with Gasteiger partial charge in [0.15, 0.2) is 6.17 Å². The fraction of sp³-hybridized carbons (Fsp3) is 0.529. The summed E-state index contributed by atoms with van der Waals surface area (Å²) in [5.41, 5.74) is 7.87. The van der Waals surface area contributed by atoms with Gasteiger partial charge in [0.2, 0.25) is 6.29 Å². The normalized spacial score (nSPS) is 24.6. The number of anilines is 1. The summed E-state index contributed by atoms with van der Waals surface area (Å²) in [6, 6.07) is 2.08. The van der Waals surface area contributed by atoms with Gasteiger partial charge in [-0.1, -0.05) is 4.98 Å². The van der Waals surface area contributed by atoms with Crippen LogP contribution in [0, 0.1) is 13.8 Å². The van der Waals surface area contributed by atoms with Crippen molar-refractivity contribution < 1.29 is 4.68 Å². The Balaban J connectivity index is 1.57. The summed E-state index contributed by atoms with van der Waals surface area (Å²) >= 11 is 0. The Morgan fingerprint density at radius 1 is 1.16 bits per heavy atom. The summed E-state index contributed by atoms with van der Waals surface area (Å²) < 4.78 is 2.05. The molecule has 0 aromatic carbocycles. The molecular formula is C17H25N8+. The summed E-state index contributed by atoms with van der Waals surface area (Å²) in [6.45, 7) is 8.22. The summed E-state index contributed by atoms with van der Waals surface area (Å²) in [4.78, 5) is 13.7. The van der Waals surface area contributed by atoms with Crippen molar-refractivity contribution in [2.45, 2.75) is 46.6 Å². The van der Waals surface area contributed by atoms with Crippen LogP contribution in [-0.4, -0.2) is 53.0 Å². The van der Waals surface area contributed by atoms with Crippen LogP contribution >= 0.6 is 0 Å². The van der Waals surface area contributed by atoms with Crippen LogP contribution in [0.4, 0.5) is 5.95 Å². The van der Waals surface area contributed by atoms with Gasteiger partial charge in [-0.05, 0) is 33.8 Å². The molecule has 4 rings (SSSR count). The minimum absolute atomic E-state index is 0.0659. The number of rotatable bonds is 2. The molecule has 8 heteroatoms. The third-order valence-electron chi connectivity index (χ3n) is 4.98. The van der Waals surface area contributed by atoms with E-state index in [1.165, 1.54) is 0 Å². The van der Waals surface area contributed by atoms with E-state index in [4.69, 9.17) is 10.1 Å². The lowest BCUT2D eigenvalue weighted by atomic mass is 10.2. The van der Waals surface area contributed by atoms with E-state index in [0.717, 1.165) is 41.0 Å². The quantitative estimate of drug-likeness (QED) is 0.811. The lowest BCUT2D eigenvalue weighted by molar-refractivity contribution is -0.638. The van der Waals surface area contributed by atoms with Crippen LogP contribution in [-0.2, 0) is 0 Å². The topological polar surface area (TPSA) is 63.2 Å². The average Bonchev–Trinajstić information content (AvgIpc) is 3.01. The van der Waals surface area contributed by atoms with Crippen molar-refractivity contribution in [1.29, 1.82) is 0 Å². The zero-order valence-corrected chi connectivity index (χ0v) is 15.6. The lowest BCUT2D eigenvalue weighted by Gasteiger charge is -2.29. The first-order valence-corrected chi connectivity index (χ1v) is 8.57. The van der Waals surface area contributed by atoms with Gasteiger partial charge in [0.25, 0.3) is 0 Å². The van der Waals surface area contributed by atoms with E-state index in [9.17, 15) is 0 Å². The third kappa shape index (κ3) is 2.43. The van der Waals surface area contributed by atoms with Crippen molar-refractivity contribution in [3.63, 3.8) is 0 Å². The highest BCUT2D eigenvalue weighted by Crippen LogP contribution is 2.27. The van der Waals surface area contributed by atoms with Gasteiger partial charge in [-0.15, -0.1) is 4.68 Å². The Kier molecular flexibility index (Phi) is 3.45. The first kappa shape index (κ1) is 15.9. The molecule has 4 heterocycles. The van der Waals surface area contributed by atoms with Crippen molar-refractivity contribution in [2.75, 3.05) is 24.4 Å². The van der Waals surface area contributed by atoms with E-state index in [-0.39, 0.29) is 12.5 Å². The smallest absolute Gasteiger partial charge is 0.321 e. The van der Waals surface area contributed by atoms with Gasteiger partial charge in [0, 0.05) is 24.5 Å². The Labute approximate surface area is 148 Å². The van der Waals surface area contributed by atoms with Crippen LogP contribution < -0.4 is 15.0 Å². The molecule has 0 saturated heterocycles. The van der Waals surface area contributed by atoms with Crippen molar-refractivity contribution in [1.82, 2.24) is 14.9 Å².